The molecule has 9 heteroatoms. The number of benzene rings is 3. The molecule has 38 heavy (non-hydrogen) atoms. The Morgan fingerprint density at radius 1 is 1.05 bits per heavy atom. The summed E-state index contributed by atoms with van der Waals surface area (Å²) >= 11 is 0. The van der Waals surface area contributed by atoms with Gasteiger partial charge in [-0.3, -0.25) is 4.98 Å². The Hall–Kier alpha value is -4.79. The fourth-order valence-electron chi connectivity index (χ4n) is 4.47. The number of nitrogens with zero attached hydrogens (tertiary/aromatic N) is 4. The Morgan fingerprint density at radius 2 is 1.79 bits per heavy atom. The second kappa shape index (κ2) is 10.3. The summed E-state index contributed by atoms with van der Waals surface area (Å²) in [6, 6.07) is 16.6. The number of hydrogen-bond acceptors (Lipinski definition) is 7. The smallest absolute Gasteiger partial charge is 0.339 e. The second-order valence-corrected chi connectivity index (χ2v) is 8.59. The van der Waals surface area contributed by atoms with Crippen LogP contribution in [0, 0.1) is 19.7 Å². The molecule has 0 fully saturated rings. The third-order valence-corrected chi connectivity index (χ3v) is 6.21. The van der Waals surface area contributed by atoms with Crippen LogP contribution in [0.1, 0.15) is 28.5 Å². The minimum absolute atomic E-state index is 0.0530. The van der Waals surface area contributed by atoms with E-state index < -0.39 is 11.8 Å². The van der Waals surface area contributed by atoms with Gasteiger partial charge in [-0.1, -0.05) is 30.3 Å². The van der Waals surface area contributed by atoms with Crippen LogP contribution in [0.5, 0.6) is 5.75 Å². The number of esters is 1. The Morgan fingerprint density at radius 3 is 2.55 bits per heavy atom. The molecule has 0 amide bonds. The first-order valence-corrected chi connectivity index (χ1v) is 12.1. The van der Waals surface area contributed by atoms with Gasteiger partial charge < -0.3 is 14.8 Å². The van der Waals surface area contributed by atoms with E-state index in [9.17, 15) is 4.79 Å². The molecule has 2 heterocycles. The van der Waals surface area contributed by atoms with E-state index in [0.717, 1.165) is 11.3 Å². The van der Waals surface area contributed by atoms with Crippen LogP contribution < -0.4 is 10.1 Å². The van der Waals surface area contributed by atoms with Gasteiger partial charge in [0, 0.05) is 18.0 Å². The molecule has 5 rings (SSSR count). The van der Waals surface area contributed by atoms with E-state index in [1.165, 1.54) is 19.5 Å². The van der Waals surface area contributed by atoms with Gasteiger partial charge >= 0.3 is 5.97 Å². The molecule has 0 saturated carbocycles. The van der Waals surface area contributed by atoms with Gasteiger partial charge in [0.1, 0.15) is 11.3 Å². The molecule has 5 aromatic rings. The quantitative estimate of drug-likeness (QED) is 0.261. The van der Waals surface area contributed by atoms with Crippen molar-refractivity contribution in [3.05, 3.63) is 89.6 Å². The number of ether oxygens (including phenoxy) is 2. The molecule has 8 nitrogen and oxygen atoms in total. The number of halogens is 1. The summed E-state index contributed by atoms with van der Waals surface area (Å²) in [5.41, 5.74) is 4.84. The van der Waals surface area contributed by atoms with Crippen LogP contribution in [-0.2, 0) is 4.74 Å². The van der Waals surface area contributed by atoms with Crippen molar-refractivity contribution in [2.24, 2.45) is 0 Å². The van der Waals surface area contributed by atoms with Crippen LogP contribution in [0.25, 0.3) is 27.8 Å². The van der Waals surface area contributed by atoms with Gasteiger partial charge in [-0.2, -0.15) is 5.10 Å². The minimum Gasteiger partial charge on any atom is -0.490 e. The first-order chi connectivity index (χ1) is 18.4. The van der Waals surface area contributed by atoms with Crippen molar-refractivity contribution in [2.75, 3.05) is 19.0 Å². The average molecular weight is 512 g/mol. The van der Waals surface area contributed by atoms with Gasteiger partial charge in [0.05, 0.1) is 47.4 Å². The molecule has 0 aliphatic carbocycles. The van der Waals surface area contributed by atoms with Crippen molar-refractivity contribution in [3.8, 4) is 22.6 Å². The van der Waals surface area contributed by atoms with E-state index in [4.69, 9.17) is 14.6 Å². The van der Waals surface area contributed by atoms with Crippen molar-refractivity contribution in [3.63, 3.8) is 0 Å². The molecule has 0 spiro atoms. The predicted octanol–water partition coefficient (Wildman–Crippen LogP) is 6.17. The van der Waals surface area contributed by atoms with Gasteiger partial charge in [0.15, 0.2) is 11.6 Å². The van der Waals surface area contributed by atoms with Gasteiger partial charge in [-0.05, 0) is 50.6 Å². The highest BCUT2D eigenvalue weighted by atomic mass is 19.1. The van der Waals surface area contributed by atoms with E-state index >= 15 is 4.39 Å². The lowest BCUT2D eigenvalue weighted by Crippen LogP contribution is -2.09. The predicted molar refractivity (Wildman–Crippen MR) is 144 cm³/mol. The van der Waals surface area contributed by atoms with E-state index in [1.807, 2.05) is 44.2 Å². The number of methoxy groups -OCH3 is 1. The maximum absolute atomic E-state index is 15.8. The largest absolute Gasteiger partial charge is 0.490 e. The standard InChI is InChI=1S/C29H26FN5O3/c1-5-38-27-20(16-22-26(25(27)30)32-15-14-31-22)24-18(3)34-35(23-13-9-6-10-17(23)2)28(24)33-21-12-8-7-11-19(21)29(36)37-4/h6-16,33H,5H2,1-4H3. The molecular formula is C29H26FN5O3. The number of nitrogens with one attached hydrogen (secondary N) is 1. The summed E-state index contributed by atoms with van der Waals surface area (Å²) < 4.78 is 28.3. The molecule has 0 unspecified atom stereocenters. The van der Waals surface area contributed by atoms with Crippen LogP contribution in [-0.4, -0.2) is 39.4 Å². The van der Waals surface area contributed by atoms with E-state index in [1.54, 1.807) is 35.9 Å². The summed E-state index contributed by atoms with van der Waals surface area (Å²) in [5.74, 6) is -0.513. The molecule has 0 aliphatic rings. The maximum Gasteiger partial charge on any atom is 0.339 e. The van der Waals surface area contributed by atoms with E-state index in [-0.39, 0.29) is 17.9 Å². The first kappa shape index (κ1) is 24.9. The van der Waals surface area contributed by atoms with Crippen LogP contribution >= 0.6 is 0 Å². The SMILES string of the molecule is CCOc1c(-c2c(C)nn(-c3ccccc3C)c2Nc2ccccc2C(=O)OC)cc2nccnc2c1F. The summed E-state index contributed by atoms with van der Waals surface area (Å²) in [5, 5.41) is 8.24. The molecule has 192 valence electrons. The topological polar surface area (TPSA) is 91.2 Å². The normalized spacial score (nSPS) is 11.0. The number of aryl methyl sites for hydroxylation is 2. The number of hydrogen-bond donors (Lipinski definition) is 1. The van der Waals surface area contributed by atoms with Crippen molar-refractivity contribution in [2.45, 2.75) is 20.8 Å². The zero-order chi connectivity index (χ0) is 26.8. The number of carbonyl (C=O) groups is 1. The highest BCUT2D eigenvalue weighted by Crippen LogP contribution is 2.43. The molecule has 0 aliphatic heterocycles. The molecule has 0 radical (unpaired) electrons. The monoisotopic (exact) mass is 511 g/mol. The number of anilines is 2. The second-order valence-electron chi connectivity index (χ2n) is 8.59. The highest BCUT2D eigenvalue weighted by Gasteiger charge is 2.27. The lowest BCUT2D eigenvalue weighted by molar-refractivity contribution is 0.0602. The van der Waals surface area contributed by atoms with Crippen molar-refractivity contribution >= 4 is 28.5 Å². The fourth-order valence-corrected chi connectivity index (χ4v) is 4.47. The van der Waals surface area contributed by atoms with Crippen LogP contribution in [0.4, 0.5) is 15.9 Å². The molecule has 3 aromatic carbocycles. The van der Waals surface area contributed by atoms with Crippen LogP contribution in [0.3, 0.4) is 0 Å². The fraction of sp³-hybridized carbons (Fsp3) is 0.172. The minimum atomic E-state index is -0.601. The Labute approximate surface area is 219 Å². The van der Waals surface area contributed by atoms with Gasteiger partial charge in [-0.15, -0.1) is 0 Å². The number of para-hydroxylation sites is 2. The van der Waals surface area contributed by atoms with E-state index in [2.05, 4.69) is 15.3 Å². The molecule has 2 aromatic heterocycles. The third-order valence-electron chi connectivity index (χ3n) is 6.21. The Bertz CT molecular complexity index is 1660. The summed E-state index contributed by atoms with van der Waals surface area (Å²) in [4.78, 5) is 21.1. The lowest BCUT2D eigenvalue weighted by Gasteiger charge is -2.18. The number of fused-ring (bicyclic) bond motifs is 1. The van der Waals surface area contributed by atoms with Crippen LogP contribution in [0.2, 0.25) is 0 Å². The average Bonchev–Trinajstić information content (AvgIpc) is 3.25. The highest BCUT2D eigenvalue weighted by molar-refractivity contribution is 5.98. The van der Waals surface area contributed by atoms with Gasteiger partial charge in [0.2, 0.25) is 0 Å². The molecule has 0 bridgehead atoms. The Kier molecular flexibility index (Phi) is 6.74. The van der Waals surface area contributed by atoms with Crippen molar-refractivity contribution in [1.29, 1.82) is 0 Å². The summed E-state index contributed by atoms with van der Waals surface area (Å²) in [7, 11) is 1.33. The lowest BCUT2D eigenvalue weighted by atomic mass is 10.0. The van der Waals surface area contributed by atoms with Gasteiger partial charge in [0.25, 0.3) is 0 Å². The summed E-state index contributed by atoms with van der Waals surface area (Å²) in [6.45, 7) is 5.86. The summed E-state index contributed by atoms with van der Waals surface area (Å²) in [6.07, 6.45) is 2.96. The van der Waals surface area contributed by atoms with Crippen LogP contribution in [0.15, 0.2) is 67.0 Å². The number of carbonyl (C=O) groups excluding carboxylic acids is 1. The number of rotatable bonds is 7. The first-order valence-electron chi connectivity index (χ1n) is 12.1. The van der Waals surface area contributed by atoms with E-state index in [0.29, 0.717) is 39.4 Å². The van der Waals surface area contributed by atoms with Crippen molar-refractivity contribution < 1.29 is 18.7 Å². The van der Waals surface area contributed by atoms with Gasteiger partial charge in [-0.25, -0.2) is 18.9 Å². The van der Waals surface area contributed by atoms with Crippen molar-refractivity contribution in [1.82, 2.24) is 19.7 Å². The molecule has 0 saturated heterocycles. The third kappa shape index (κ3) is 4.32. The maximum atomic E-state index is 15.8. The molecular weight excluding hydrogens is 485 g/mol. The Balaban J connectivity index is 1.83. The molecule has 0 atom stereocenters. The molecule has 1 N–H and O–H groups in total. The zero-order valence-electron chi connectivity index (χ0n) is 21.4. The zero-order valence-corrected chi connectivity index (χ0v) is 21.4. The number of aromatic nitrogens is 4.